The van der Waals surface area contributed by atoms with Gasteiger partial charge in [-0.1, -0.05) is 24.3 Å². The molecule has 0 saturated heterocycles. The SMILES string of the molecule is CN=C(NCCc1cccc(C(=O)NC)c1)NCc1ccc(C)cc1OCC1CC1.I. The van der Waals surface area contributed by atoms with E-state index in [1.165, 1.54) is 18.4 Å². The topological polar surface area (TPSA) is 74.8 Å². The molecule has 3 rings (SSSR count). The highest BCUT2D eigenvalue weighted by Crippen LogP contribution is 2.30. The molecule has 0 heterocycles. The average Bonchev–Trinajstić information content (AvgIpc) is 3.59. The number of aryl methyl sites for hydroxylation is 1. The first kappa shape index (κ1) is 25.0. The predicted molar refractivity (Wildman–Crippen MR) is 137 cm³/mol. The lowest BCUT2D eigenvalue weighted by Crippen LogP contribution is -2.38. The van der Waals surface area contributed by atoms with E-state index < -0.39 is 0 Å². The van der Waals surface area contributed by atoms with E-state index >= 15 is 0 Å². The molecule has 0 bridgehead atoms. The minimum Gasteiger partial charge on any atom is -0.493 e. The van der Waals surface area contributed by atoms with E-state index in [1.807, 2.05) is 24.3 Å². The van der Waals surface area contributed by atoms with E-state index in [9.17, 15) is 4.79 Å². The molecule has 168 valence electrons. The minimum absolute atomic E-state index is 0. The van der Waals surface area contributed by atoms with Crippen LogP contribution in [-0.4, -0.2) is 39.1 Å². The summed E-state index contributed by atoms with van der Waals surface area (Å²) in [6, 6.07) is 14.0. The zero-order valence-corrected chi connectivity index (χ0v) is 20.9. The highest BCUT2D eigenvalue weighted by molar-refractivity contribution is 14.0. The third-order valence-electron chi connectivity index (χ3n) is 5.19. The number of ether oxygens (including phenoxy) is 1. The number of aliphatic imine (C=N–C) groups is 1. The van der Waals surface area contributed by atoms with Crippen LogP contribution in [0.2, 0.25) is 0 Å². The monoisotopic (exact) mass is 536 g/mol. The Morgan fingerprint density at radius 1 is 1.16 bits per heavy atom. The molecule has 3 N–H and O–H groups in total. The Morgan fingerprint density at radius 2 is 1.97 bits per heavy atom. The quantitative estimate of drug-likeness (QED) is 0.260. The minimum atomic E-state index is -0.0694. The second-order valence-electron chi connectivity index (χ2n) is 7.75. The van der Waals surface area contributed by atoms with Crippen LogP contribution in [0.1, 0.15) is 39.9 Å². The number of rotatable bonds is 9. The van der Waals surface area contributed by atoms with Crippen molar-refractivity contribution in [2.24, 2.45) is 10.9 Å². The van der Waals surface area contributed by atoms with Crippen molar-refractivity contribution in [2.45, 2.75) is 32.7 Å². The van der Waals surface area contributed by atoms with Gasteiger partial charge in [0.15, 0.2) is 5.96 Å². The standard InChI is InChI=1S/C24H32N4O2.HI/c1-17-7-10-21(22(13-17)30-16-19-8-9-19)15-28-24(26-3)27-12-11-18-5-4-6-20(14-18)23(29)25-2;/h4-7,10,13-14,19H,8-9,11-12,15-16H2,1-3H3,(H,25,29)(H2,26,27,28);1H. The van der Waals surface area contributed by atoms with E-state index in [1.54, 1.807) is 14.1 Å². The maximum absolute atomic E-state index is 11.8. The van der Waals surface area contributed by atoms with E-state index in [-0.39, 0.29) is 29.9 Å². The zero-order chi connectivity index (χ0) is 21.3. The molecule has 1 saturated carbocycles. The summed E-state index contributed by atoms with van der Waals surface area (Å²) in [5.74, 6) is 2.35. The first-order valence-corrected chi connectivity index (χ1v) is 10.6. The van der Waals surface area contributed by atoms with Crippen LogP contribution in [-0.2, 0) is 13.0 Å². The van der Waals surface area contributed by atoms with Gasteiger partial charge in [-0.3, -0.25) is 9.79 Å². The molecule has 1 aliphatic rings. The molecule has 0 unspecified atom stereocenters. The highest BCUT2D eigenvalue weighted by Gasteiger charge is 2.22. The van der Waals surface area contributed by atoms with Crippen LogP contribution >= 0.6 is 24.0 Å². The van der Waals surface area contributed by atoms with Gasteiger partial charge < -0.3 is 20.7 Å². The second kappa shape index (κ2) is 12.5. The number of benzene rings is 2. The first-order chi connectivity index (χ1) is 14.6. The van der Waals surface area contributed by atoms with E-state index in [4.69, 9.17) is 4.74 Å². The molecule has 31 heavy (non-hydrogen) atoms. The average molecular weight is 536 g/mol. The van der Waals surface area contributed by atoms with Gasteiger partial charge in [0.2, 0.25) is 0 Å². The van der Waals surface area contributed by atoms with Crippen molar-refractivity contribution in [2.75, 3.05) is 27.2 Å². The highest BCUT2D eigenvalue weighted by atomic mass is 127. The molecule has 0 aliphatic heterocycles. The molecule has 2 aromatic carbocycles. The summed E-state index contributed by atoms with van der Waals surface area (Å²) in [7, 11) is 3.41. The lowest BCUT2D eigenvalue weighted by atomic mass is 10.1. The number of nitrogens with one attached hydrogen (secondary N) is 3. The number of nitrogens with zero attached hydrogens (tertiary/aromatic N) is 1. The fraction of sp³-hybridized carbons (Fsp3) is 0.417. The number of guanidine groups is 1. The molecule has 6 nitrogen and oxygen atoms in total. The summed E-state index contributed by atoms with van der Waals surface area (Å²) in [5, 5.41) is 9.36. The third-order valence-corrected chi connectivity index (χ3v) is 5.19. The van der Waals surface area contributed by atoms with Gasteiger partial charge in [0, 0.05) is 38.3 Å². The Hall–Kier alpha value is -2.29. The van der Waals surface area contributed by atoms with Crippen LogP contribution in [0.15, 0.2) is 47.5 Å². The Kier molecular flexibility index (Phi) is 10.1. The maximum Gasteiger partial charge on any atom is 0.251 e. The molecule has 0 aromatic heterocycles. The van der Waals surface area contributed by atoms with Gasteiger partial charge in [-0.15, -0.1) is 24.0 Å². The van der Waals surface area contributed by atoms with Crippen molar-refractivity contribution < 1.29 is 9.53 Å². The molecule has 2 aromatic rings. The number of halogens is 1. The van der Waals surface area contributed by atoms with Crippen LogP contribution < -0.4 is 20.7 Å². The molecule has 0 spiro atoms. The van der Waals surface area contributed by atoms with Gasteiger partial charge in [-0.05, 0) is 61.4 Å². The fourth-order valence-electron chi connectivity index (χ4n) is 3.17. The molecule has 0 radical (unpaired) electrons. The van der Waals surface area contributed by atoms with Crippen LogP contribution in [0.4, 0.5) is 0 Å². The molecule has 1 amide bonds. The van der Waals surface area contributed by atoms with Gasteiger partial charge in [-0.25, -0.2) is 0 Å². The van der Waals surface area contributed by atoms with Crippen molar-refractivity contribution in [3.63, 3.8) is 0 Å². The number of carbonyl (C=O) groups excluding carboxylic acids is 1. The van der Waals surface area contributed by atoms with E-state index in [0.717, 1.165) is 48.3 Å². The molecular formula is C24H33IN4O2. The Bertz CT molecular complexity index is 897. The number of amides is 1. The Balaban J connectivity index is 0.00000341. The Labute approximate surface area is 202 Å². The van der Waals surface area contributed by atoms with E-state index in [2.05, 4.69) is 46.1 Å². The van der Waals surface area contributed by atoms with Gasteiger partial charge in [0.05, 0.1) is 6.61 Å². The van der Waals surface area contributed by atoms with Crippen molar-refractivity contribution in [1.82, 2.24) is 16.0 Å². The summed E-state index contributed by atoms with van der Waals surface area (Å²) in [6.45, 7) is 4.25. The normalized spacial score (nSPS) is 13.2. The van der Waals surface area contributed by atoms with Gasteiger partial charge in [0.1, 0.15) is 5.75 Å². The lowest BCUT2D eigenvalue weighted by Gasteiger charge is -2.15. The number of hydrogen-bond acceptors (Lipinski definition) is 3. The van der Waals surface area contributed by atoms with Crippen LogP contribution in [0.25, 0.3) is 0 Å². The summed E-state index contributed by atoms with van der Waals surface area (Å²) < 4.78 is 6.05. The molecule has 1 fully saturated rings. The van der Waals surface area contributed by atoms with Crippen molar-refractivity contribution in [1.29, 1.82) is 0 Å². The number of carbonyl (C=O) groups is 1. The lowest BCUT2D eigenvalue weighted by molar-refractivity contribution is 0.0963. The third kappa shape index (κ3) is 8.05. The summed E-state index contributed by atoms with van der Waals surface area (Å²) >= 11 is 0. The second-order valence-corrected chi connectivity index (χ2v) is 7.75. The largest absolute Gasteiger partial charge is 0.493 e. The molecule has 0 atom stereocenters. The van der Waals surface area contributed by atoms with Gasteiger partial charge in [-0.2, -0.15) is 0 Å². The van der Waals surface area contributed by atoms with E-state index in [0.29, 0.717) is 12.1 Å². The molecule has 1 aliphatic carbocycles. The smallest absolute Gasteiger partial charge is 0.251 e. The van der Waals surface area contributed by atoms with Crippen molar-refractivity contribution in [3.8, 4) is 5.75 Å². The summed E-state index contributed by atoms with van der Waals surface area (Å²) in [5.41, 5.74) is 4.11. The Morgan fingerprint density at radius 3 is 2.68 bits per heavy atom. The summed E-state index contributed by atoms with van der Waals surface area (Å²) in [6.07, 6.45) is 3.36. The maximum atomic E-state index is 11.8. The predicted octanol–water partition coefficient (Wildman–Crippen LogP) is 3.67. The molecule has 7 heteroatoms. The fourth-order valence-corrected chi connectivity index (χ4v) is 3.17. The van der Waals surface area contributed by atoms with Crippen LogP contribution in [0.5, 0.6) is 5.75 Å². The number of hydrogen-bond donors (Lipinski definition) is 3. The van der Waals surface area contributed by atoms with Gasteiger partial charge in [0.25, 0.3) is 5.91 Å². The molecular weight excluding hydrogens is 503 g/mol. The van der Waals surface area contributed by atoms with Gasteiger partial charge >= 0.3 is 0 Å². The van der Waals surface area contributed by atoms with Crippen LogP contribution in [0.3, 0.4) is 0 Å². The summed E-state index contributed by atoms with van der Waals surface area (Å²) in [4.78, 5) is 16.1. The van der Waals surface area contributed by atoms with Crippen LogP contribution in [0, 0.1) is 12.8 Å². The zero-order valence-electron chi connectivity index (χ0n) is 18.5. The van der Waals surface area contributed by atoms with Crippen molar-refractivity contribution >= 4 is 35.8 Å². The van der Waals surface area contributed by atoms with Crippen molar-refractivity contribution in [3.05, 3.63) is 64.7 Å². The first-order valence-electron chi connectivity index (χ1n) is 10.6.